The molecule has 1 heterocycles. The van der Waals surface area contributed by atoms with Gasteiger partial charge in [0.15, 0.2) is 0 Å². The molecule has 1 saturated heterocycles. The van der Waals surface area contributed by atoms with Gasteiger partial charge < -0.3 is 14.2 Å². The molecule has 0 bridgehead atoms. The summed E-state index contributed by atoms with van der Waals surface area (Å²) >= 11 is 0. The largest absolute Gasteiger partial charge is 0.466 e. The summed E-state index contributed by atoms with van der Waals surface area (Å²) in [5, 5.41) is 0. The third kappa shape index (κ3) is 4.34. The minimum absolute atomic E-state index is 0.163. The van der Waals surface area contributed by atoms with Gasteiger partial charge in [-0.25, -0.2) is 0 Å². The van der Waals surface area contributed by atoms with Crippen molar-refractivity contribution in [2.75, 3.05) is 6.61 Å². The van der Waals surface area contributed by atoms with Crippen LogP contribution < -0.4 is 0 Å². The molecule has 17 heavy (non-hydrogen) atoms. The molecule has 0 spiro atoms. The quantitative estimate of drug-likeness (QED) is 0.520. The maximum Gasteiger partial charge on any atom is 0.308 e. The number of esters is 2. The van der Waals surface area contributed by atoms with Gasteiger partial charge in [-0.1, -0.05) is 13.8 Å². The number of carbonyl (C=O) groups is 2. The molecule has 0 aromatic carbocycles. The Hall–Kier alpha value is -1.10. The SMILES string of the molecule is CCOC(=O)C[C@H]1O[C@@H]1[C@@H](OC(C)=O)C(C)C. The highest BCUT2D eigenvalue weighted by molar-refractivity contribution is 5.70. The maximum absolute atomic E-state index is 11.2. The molecule has 5 nitrogen and oxygen atoms in total. The Morgan fingerprint density at radius 2 is 2.00 bits per heavy atom. The van der Waals surface area contributed by atoms with Crippen molar-refractivity contribution in [3.05, 3.63) is 0 Å². The summed E-state index contributed by atoms with van der Waals surface area (Å²) in [5.74, 6) is -0.435. The van der Waals surface area contributed by atoms with Crippen LogP contribution in [0.1, 0.15) is 34.1 Å². The lowest BCUT2D eigenvalue weighted by Crippen LogP contribution is -2.29. The van der Waals surface area contributed by atoms with E-state index in [0.717, 1.165) is 0 Å². The van der Waals surface area contributed by atoms with Gasteiger partial charge in [0.1, 0.15) is 12.2 Å². The van der Waals surface area contributed by atoms with Gasteiger partial charge in [0.2, 0.25) is 0 Å². The van der Waals surface area contributed by atoms with Crippen LogP contribution in [0.5, 0.6) is 0 Å². The fourth-order valence-corrected chi connectivity index (χ4v) is 1.77. The van der Waals surface area contributed by atoms with E-state index in [1.54, 1.807) is 6.92 Å². The van der Waals surface area contributed by atoms with E-state index in [9.17, 15) is 9.59 Å². The monoisotopic (exact) mass is 244 g/mol. The van der Waals surface area contributed by atoms with Crippen LogP contribution in [0, 0.1) is 5.92 Å². The van der Waals surface area contributed by atoms with Crippen LogP contribution in [0.15, 0.2) is 0 Å². The van der Waals surface area contributed by atoms with Gasteiger partial charge in [-0.15, -0.1) is 0 Å². The Bertz CT molecular complexity index is 287. The van der Waals surface area contributed by atoms with E-state index in [-0.39, 0.29) is 42.6 Å². The Balaban J connectivity index is 2.41. The molecule has 1 fully saturated rings. The van der Waals surface area contributed by atoms with Gasteiger partial charge >= 0.3 is 11.9 Å². The molecule has 98 valence electrons. The van der Waals surface area contributed by atoms with Gasteiger partial charge in [-0.05, 0) is 12.8 Å². The lowest BCUT2D eigenvalue weighted by Gasteiger charge is -2.18. The molecule has 5 heteroatoms. The molecular weight excluding hydrogens is 224 g/mol. The first-order valence-corrected chi connectivity index (χ1v) is 5.94. The van der Waals surface area contributed by atoms with Crippen molar-refractivity contribution in [3.8, 4) is 0 Å². The second kappa shape index (κ2) is 6.00. The van der Waals surface area contributed by atoms with E-state index in [0.29, 0.717) is 6.61 Å². The second-order valence-corrected chi connectivity index (χ2v) is 4.47. The van der Waals surface area contributed by atoms with Crippen molar-refractivity contribution in [2.45, 2.75) is 52.4 Å². The number of rotatable bonds is 6. The van der Waals surface area contributed by atoms with Crippen LogP contribution in [0.4, 0.5) is 0 Å². The predicted octanol–water partition coefficient (Wildman–Crippen LogP) is 1.29. The molecule has 0 aromatic heterocycles. The third-order valence-corrected chi connectivity index (χ3v) is 2.58. The van der Waals surface area contributed by atoms with Crippen LogP contribution in [-0.2, 0) is 23.8 Å². The highest BCUT2D eigenvalue weighted by atomic mass is 16.6. The summed E-state index contributed by atoms with van der Waals surface area (Å²) < 4.78 is 15.4. The molecular formula is C12H20O5. The molecule has 0 aromatic rings. The van der Waals surface area contributed by atoms with Gasteiger partial charge in [0.05, 0.1) is 19.1 Å². The van der Waals surface area contributed by atoms with Gasteiger partial charge in [-0.2, -0.15) is 0 Å². The fourth-order valence-electron chi connectivity index (χ4n) is 1.77. The van der Waals surface area contributed by atoms with Crippen LogP contribution in [0.3, 0.4) is 0 Å². The molecule has 3 atom stereocenters. The second-order valence-electron chi connectivity index (χ2n) is 4.47. The smallest absolute Gasteiger partial charge is 0.308 e. The average molecular weight is 244 g/mol. The highest BCUT2D eigenvalue weighted by Gasteiger charge is 2.48. The fraction of sp³-hybridized carbons (Fsp3) is 0.833. The van der Waals surface area contributed by atoms with Gasteiger partial charge in [-0.3, -0.25) is 9.59 Å². The highest BCUT2D eigenvalue weighted by Crippen LogP contribution is 2.33. The summed E-state index contributed by atoms with van der Waals surface area (Å²) in [6, 6.07) is 0. The molecule has 0 unspecified atom stereocenters. The standard InChI is InChI=1S/C12H20O5/c1-5-15-10(14)6-9-12(17-9)11(7(2)3)16-8(4)13/h7,9,11-12H,5-6H2,1-4H3/t9-,11+,12+/m1/s1. The lowest BCUT2D eigenvalue weighted by atomic mass is 10.0. The van der Waals surface area contributed by atoms with E-state index in [4.69, 9.17) is 14.2 Å². The topological polar surface area (TPSA) is 65.1 Å². The van der Waals surface area contributed by atoms with Gasteiger partial charge in [0, 0.05) is 6.92 Å². The van der Waals surface area contributed by atoms with Crippen LogP contribution in [0.2, 0.25) is 0 Å². The number of hydrogen-bond acceptors (Lipinski definition) is 5. The summed E-state index contributed by atoms with van der Waals surface area (Å²) in [4.78, 5) is 22.2. The van der Waals surface area contributed by atoms with E-state index in [2.05, 4.69) is 0 Å². The van der Waals surface area contributed by atoms with Crippen molar-refractivity contribution < 1.29 is 23.8 Å². The molecule has 0 N–H and O–H groups in total. The lowest BCUT2D eigenvalue weighted by molar-refractivity contribution is -0.149. The number of carbonyl (C=O) groups excluding carboxylic acids is 2. The molecule has 1 aliphatic rings. The molecule has 0 radical (unpaired) electrons. The summed E-state index contributed by atoms with van der Waals surface area (Å²) in [6.45, 7) is 7.41. The normalized spacial score (nSPS) is 24.3. The summed E-state index contributed by atoms with van der Waals surface area (Å²) in [5.41, 5.74) is 0. The van der Waals surface area contributed by atoms with E-state index in [1.165, 1.54) is 6.92 Å². The van der Waals surface area contributed by atoms with Gasteiger partial charge in [0.25, 0.3) is 0 Å². The molecule has 0 aliphatic carbocycles. The number of hydrogen-bond donors (Lipinski definition) is 0. The Morgan fingerprint density at radius 1 is 1.35 bits per heavy atom. The van der Waals surface area contributed by atoms with Crippen molar-refractivity contribution >= 4 is 11.9 Å². The first kappa shape index (κ1) is 14.0. The maximum atomic E-state index is 11.2. The molecule has 1 rings (SSSR count). The van der Waals surface area contributed by atoms with Crippen molar-refractivity contribution in [1.29, 1.82) is 0 Å². The van der Waals surface area contributed by atoms with Crippen LogP contribution in [-0.4, -0.2) is 36.9 Å². The van der Waals surface area contributed by atoms with Crippen LogP contribution in [0.25, 0.3) is 0 Å². The summed E-state index contributed by atoms with van der Waals surface area (Å²) in [7, 11) is 0. The average Bonchev–Trinajstić information content (AvgIpc) is 2.93. The van der Waals surface area contributed by atoms with E-state index >= 15 is 0 Å². The Morgan fingerprint density at radius 3 is 2.47 bits per heavy atom. The number of ether oxygens (including phenoxy) is 3. The first-order valence-electron chi connectivity index (χ1n) is 5.94. The molecule has 0 saturated carbocycles. The third-order valence-electron chi connectivity index (χ3n) is 2.58. The Labute approximate surface area is 101 Å². The molecule has 0 amide bonds. The first-order chi connectivity index (χ1) is 7.95. The van der Waals surface area contributed by atoms with E-state index < -0.39 is 0 Å². The number of epoxide rings is 1. The van der Waals surface area contributed by atoms with Crippen molar-refractivity contribution in [1.82, 2.24) is 0 Å². The zero-order chi connectivity index (χ0) is 13.0. The predicted molar refractivity (Wildman–Crippen MR) is 60.3 cm³/mol. The van der Waals surface area contributed by atoms with E-state index in [1.807, 2.05) is 13.8 Å². The van der Waals surface area contributed by atoms with Crippen LogP contribution >= 0.6 is 0 Å². The minimum Gasteiger partial charge on any atom is -0.466 e. The Kier molecular flexibility index (Phi) is 4.93. The minimum atomic E-state index is -0.325. The molecule has 1 aliphatic heterocycles. The van der Waals surface area contributed by atoms with Crippen molar-refractivity contribution in [2.24, 2.45) is 5.92 Å². The van der Waals surface area contributed by atoms with Crippen molar-refractivity contribution in [3.63, 3.8) is 0 Å². The zero-order valence-corrected chi connectivity index (χ0v) is 10.8. The summed E-state index contributed by atoms with van der Waals surface area (Å²) in [6.07, 6.45) is -0.417. The zero-order valence-electron chi connectivity index (χ0n) is 10.8.